The van der Waals surface area contributed by atoms with E-state index in [-0.39, 0.29) is 5.82 Å². The predicted octanol–water partition coefficient (Wildman–Crippen LogP) is 1.91. The fourth-order valence-electron chi connectivity index (χ4n) is 2.32. The number of nitrogens with zero attached hydrogens (tertiary/aromatic N) is 2. The van der Waals surface area contributed by atoms with Gasteiger partial charge in [0.1, 0.15) is 11.5 Å². The lowest BCUT2D eigenvalue weighted by Crippen LogP contribution is -2.43. The summed E-state index contributed by atoms with van der Waals surface area (Å²) in [6.07, 6.45) is 3.67. The Balaban J connectivity index is 2.16. The number of fused-ring (bicyclic) bond motifs is 1. The van der Waals surface area contributed by atoms with Crippen LogP contribution < -0.4 is 10.5 Å². The summed E-state index contributed by atoms with van der Waals surface area (Å²) < 4.78 is 19.2. The fourth-order valence-corrected chi connectivity index (χ4v) is 2.32. The van der Waals surface area contributed by atoms with Gasteiger partial charge in [-0.25, -0.2) is 9.37 Å². The quantitative estimate of drug-likeness (QED) is 0.849. The molecule has 0 spiro atoms. The van der Waals surface area contributed by atoms with Crippen molar-refractivity contribution in [3.05, 3.63) is 53.2 Å². The van der Waals surface area contributed by atoms with Crippen molar-refractivity contribution in [2.24, 2.45) is 5.73 Å². The molecule has 4 nitrogen and oxygen atoms in total. The van der Waals surface area contributed by atoms with Crippen LogP contribution in [0.25, 0.3) is 0 Å². The molecule has 1 aromatic heterocycles. The molecule has 1 aromatic carbocycles. The summed E-state index contributed by atoms with van der Waals surface area (Å²) in [5.41, 5.74) is 7.46. The molecule has 2 aromatic rings. The number of aryl methyl sites for hydroxylation is 1. The maximum Gasteiger partial charge on any atom is 0.237 e. The summed E-state index contributed by atoms with van der Waals surface area (Å²) in [7, 11) is 0. The van der Waals surface area contributed by atoms with E-state index in [2.05, 4.69) is 9.97 Å². The summed E-state index contributed by atoms with van der Waals surface area (Å²) in [4.78, 5) is 8.39. The molecular weight excluding hydrogens is 245 g/mol. The minimum atomic E-state index is -0.851. The second-order valence-corrected chi connectivity index (χ2v) is 4.74. The van der Waals surface area contributed by atoms with Gasteiger partial charge in [0.25, 0.3) is 0 Å². The van der Waals surface area contributed by atoms with Crippen molar-refractivity contribution < 1.29 is 9.13 Å². The Bertz CT molecular complexity index is 632. The van der Waals surface area contributed by atoms with Crippen LogP contribution in [-0.2, 0) is 5.54 Å². The molecule has 0 fully saturated rings. The summed E-state index contributed by atoms with van der Waals surface area (Å²) in [6.45, 7) is 2.16. The molecule has 1 atom stereocenters. The van der Waals surface area contributed by atoms with Crippen LogP contribution in [0.4, 0.5) is 4.39 Å². The van der Waals surface area contributed by atoms with E-state index >= 15 is 0 Å². The third-order valence-corrected chi connectivity index (χ3v) is 3.51. The highest BCUT2D eigenvalue weighted by Gasteiger charge is 2.38. The molecule has 1 aliphatic rings. The van der Waals surface area contributed by atoms with Crippen LogP contribution >= 0.6 is 0 Å². The molecule has 0 saturated heterocycles. The zero-order chi connectivity index (χ0) is 13.5. The second kappa shape index (κ2) is 4.28. The van der Waals surface area contributed by atoms with E-state index in [0.717, 1.165) is 0 Å². The monoisotopic (exact) mass is 259 g/mol. The van der Waals surface area contributed by atoms with Gasteiger partial charge in [-0.3, -0.25) is 4.98 Å². The molecule has 5 heteroatoms. The molecule has 19 heavy (non-hydrogen) atoms. The molecule has 0 amide bonds. The number of rotatable bonds is 1. The van der Waals surface area contributed by atoms with Gasteiger partial charge in [-0.2, -0.15) is 0 Å². The molecule has 3 rings (SSSR count). The number of nitrogens with two attached hydrogens (primary N) is 1. The minimum absolute atomic E-state index is 0.265. The number of aromatic nitrogens is 2. The molecule has 0 radical (unpaired) electrons. The standard InChI is InChI=1S/C14H14FN3O/c1-9-2-3-10(8-11(9)15)14(16)4-7-19-13-12(14)17-5-6-18-13/h2-3,5-6,8H,4,7,16H2,1H3/t14-/m0/s1. The van der Waals surface area contributed by atoms with Gasteiger partial charge >= 0.3 is 0 Å². The highest BCUT2D eigenvalue weighted by atomic mass is 19.1. The number of halogens is 1. The lowest BCUT2D eigenvalue weighted by Gasteiger charge is -2.34. The van der Waals surface area contributed by atoms with E-state index < -0.39 is 5.54 Å². The van der Waals surface area contributed by atoms with Crippen molar-refractivity contribution >= 4 is 0 Å². The van der Waals surface area contributed by atoms with Crippen molar-refractivity contribution in [1.82, 2.24) is 9.97 Å². The topological polar surface area (TPSA) is 61.0 Å². The summed E-state index contributed by atoms with van der Waals surface area (Å²) in [6, 6.07) is 5.03. The van der Waals surface area contributed by atoms with E-state index in [4.69, 9.17) is 10.5 Å². The number of ether oxygens (including phenoxy) is 1. The first-order chi connectivity index (χ1) is 9.11. The van der Waals surface area contributed by atoms with Gasteiger partial charge in [0.2, 0.25) is 5.88 Å². The smallest absolute Gasteiger partial charge is 0.237 e. The van der Waals surface area contributed by atoms with E-state index in [9.17, 15) is 4.39 Å². The molecule has 0 saturated carbocycles. The van der Waals surface area contributed by atoms with Crippen LogP contribution in [0.15, 0.2) is 30.6 Å². The third kappa shape index (κ3) is 1.86. The van der Waals surface area contributed by atoms with Crippen LogP contribution in [0, 0.1) is 12.7 Å². The maximum atomic E-state index is 13.8. The van der Waals surface area contributed by atoms with Crippen molar-refractivity contribution in [2.75, 3.05) is 6.61 Å². The molecule has 2 heterocycles. The van der Waals surface area contributed by atoms with Gasteiger partial charge in [-0.05, 0) is 24.1 Å². The van der Waals surface area contributed by atoms with Gasteiger partial charge in [0.15, 0.2) is 0 Å². The van der Waals surface area contributed by atoms with Gasteiger partial charge in [0.05, 0.1) is 12.1 Å². The molecule has 1 aliphatic heterocycles. The van der Waals surface area contributed by atoms with Gasteiger partial charge in [-0.15, -0.1) is 0 Å². The second-order valence-electron chi connectivity index (χ2n) is 4.74. The summed E-state index contributed by atoms with van der Waals surface area (Å²) in [5.74, 6) is 0.163. The molecule has 0 aliphatic carbocycles. The largest absolute Gasteiger partial charge is 0.476 e. The number of hydrogen-bond donors (Lipinski definition) is 1. The molecule has 98 valence electrons. The van der Waals surface area contributed by atoms with Crippen molar-refractivity contribution in [3.63, 3.8) is 0 Å². The first-order valence-electron chi connectivity index (χ1n) is 6.11. The van der Waals surface area contributed by atoms with Crippen LogP contribution in [0.5, 0.6) is 5.88 Å². The molecule has 0 bridgehead atoms. The summed E-state index contributed by atoms with van der Waals surface area (Å²) >= 11 is 0. The van der Waals surface area contributed by atoms with Crippen molar-refractivity contribution in [2.45, 2.75) is 18.9 Å². The minimum Gasteiger partial charge on any atom is -0.476 e. The predicted molar refractivity (Wildman–Crippen MR) is 68.2 cm³/mol. The lowest BCUT2D eigenvalue weighted by atomic mass is 9.83. The normalized spacial score (nSPS) is 21.6. The Hall–Kier alpha value is -2.01. The number of hydrogen-bond acceptors (Lipinski definition) is 4. The average molecular weight is 259 g/mol. The summed E-state index contributed by atoms with van der Waals surface area (Å²) in [5, 5.41) is 0. The van der Waals surface area contributed by atoms with Crippen molar-refractivity contribution in [1.29, 1.82) is 0 Å². The average Bonchev–Trinajstić information content (AvgIpc) is 2.42. The van der Waals surface area contributed by atoms with Crippen LogP contribution in [0.3, 0.4) is 0 Å². The zero-order valence-electron chi connectivity index (χ0n) is 10.6. The lowest BCUT2D eigenvalue weighted by molar-refractivity contribution is 0.222. The SMILES string of the molecule is Cc1ccc([C@@]2(N)CCOc3nccnc32)cc1F. The van der Waals surface area contributed by atoms with Crippen LogP contribution in [-0.4, -0.2) is 16.6 Å². The highest BCUT2D eigenvalue weighted by molar-refractivity contribution is 5.41. The van der Waals surface area contributed by atoms with Crippen LogP contribution in [0.2, 0.25) is 0 Å². The molecule has 0 unspecified atom stereocenters. The van der Waals surface area contributed by atoms with Gasteiger partial charge < -0.3 is 10.5 Å². The first kappa shape index (κ1) is 12.0. The Morgan fingerprint density at radius 2 is 2.11 bits per heavy atom. The highest BCUT2D eigenvalue weighted by Crippen LogP contribution is 2.37. The Morgan fingerprint density at radius 3 is 2.89 bits per heavy atom. The van der Waals surface area contributed by atoms with Crippen molar-refractivity contribution in [3.8, 4) is 5.88 Å². The first-order valence-corrected chi connectivity index (χ1v) is 6.11. The van der Waals surface area contributed by atoms with Gasteiger partial charge in [-0.1, -0.05) is 12.1 Å². The maximum absolute atomic E-state index is 13.8. The van der Waals surface area contributed by atoms with E-state index in [0.29, 0.717) is 35.7 Å². The zero-order valence-corrected chi connectivity index (χ0v) is 10.6. The third-order valence-electron chi connectivity index (χ3n) is 3.51. The molecule has 2 N–H and O–H groups in total. The fraction of sp³-hybridized carbons (Fsp3) is 0.286. The Labute approximate surface area is 110 Å². The van der Waals surface area contributed by atoms with E-state index in [1.807, 2.05) is 6.07 Å². The van der Waals surface area contributed by atoms with E-state index in [1.54, 1.807) is 25.4 Å². The Morgan fingerprint density at radius 1 is 1.32 bits per heavy atom. The van der Waals surface area contributed by atoms with E-state index in [1.165, 1.54) is 6.07 Å². The van der Waals surface area contributed by atoms with Gasteiger partial charge in [0, 0.05) is 18.8 Å². The molecular formula is C14H14FN3O. The number of benzene rings is 1. The Kier molecular flexibility index (Phi) is 2.71. The van der Waals surface area contributed by atoms with Crippen LogP contribution in [0.1, 0.15) is 23.2 Å².